The lowest BCUT2D eigenvalue weighted by Gasteiger charge is -2.06. The highest BCUT2D eigenvalue weighted by Crippen LogP contribution is 2.23. The molecule has 0 bridgehead atoms. The zero-order chi connectivity index (χ0) is 9.97. The van der Waals surface area contributed by atoms with Gasteiger partial charge in [-0.2, -0.15) is 11.3 Å². The highest BCUT2D eigenvalue weighted by molar-refractivity contribution is 7.08. The van der Waals surface area contributed by atoms with Crippen molar-refractivity contribution in [3.63, 3.8) is 0 Å². The first kappa shape index (κ1) is 9.76. The molecule has 0 aliphatic heterocycles. The average molecular weight is 226 g/mol. The van der Waals surface area contributed by atoms with Crippen molar-refractivity contribution in [2.45, 2.75) is 19.4 Å². The van der Waals surface area contributed by atoms with Crippen LogP contribution in [0.25, 0.3) is 0 Å². The largest absolute Gasteiger partial charge is 0.387 e. The molecule has 1 unspecified atom stereocenters. The van der Waals surface area contributed by atoms with Gasteiger partial charge < -0.3 is 5.11 Å². The normalized spacial score (nSPS) is 13.0. The van der Waals surface area contributed by atoms with Gasteiger partial charge >= 0.3 is 0 Å². The molecule has 0 saturated carbocycles. The van der Waals surface area contributed by atoms with E-state index in [0.717, 1.165) is 16.1 Å². The van der Waals surface area contributed by atoms with E-state index in [-0.39, 0.29) is 0 Å². The van der Waals surface area contributed by atoms with Crippen molar-refractivity contribution >= 4 is 22.9 Å². The van der Waals surface area contributed by atoms with Gasteiger partial charge in [-0.25, -0.2) is 0 Å². The van der Waals surface area contributed by atoms with Crippen LogP contribution in [0.15, 0.2) is 16.8 Å². The quantitative estimate of drug-likeness (QED) is 0.872. The molecule has 0 aromatic carbocycles. The van der Waals surface area contributed by atoms with Crippen LogP contribution < -0.4 is 0 Å². The van der Waals surface area contributed by atoms with Gasteiger partial charge in [0.15, 0.2) is 0 Å². The summed E-state index contributed by atoms with van der Waals surface area (Å²) in [7, 11) is 0. The molecule has 0 aliphatic rings. The SMILES string of the molecule is Cc1nnsc1C(O)Cc1ccsc1. The molecule has 2 aromatic rings. The smallest absolute Gasteiger partial charge is 0.0957 e. The van der Waals surface area contributed by atoms with Gasteiger partial charge in [0.05, 0.1) is 16.7 Å². The van der Waals surface area contributed by atoms with Crippen LogP contribution in [0.1, 0.15) is 22.2 Å². The number of aliphatic hydroxyl groups is 1. The second kappa shape index (κ2) is 4.16. The van der Waals surface area contributed by atoms with E-state index < -0.39 is 6.10 Å². The molecule has 1 N–H and O–H groups in total. The predicted molar refractivity (Wildman–Crippen MR) is 57.6 cm³/mol. The number of rotatable bonds is 3. The van der Waals surface area contributed by atoms with Crippen molar-refractivity contribution in [2.75, 3.05) is 0 Å². The van der Waals surface area contributed by atoms with Crippen LogP contribution in [0.4, 0.5) is 0 Å². The summed E-state index contributed by atoms with van der Waals surface area (Å²) >= 11 is 2.92. The minimum Gasteiger partial charge on any atom is -0.387 e. The third-order valence-electron chi connectivity index (χ3n) is 2.00. The molecule has 3 nitrogen and oxygen atoms in total. The van der Waals surface area contributed by atoms with Crippen LogP contribution in [0.2, 0.25) is 0 Å². The summed E-state index contributed by atoms with van der Waals surface area (Å²) in [6, 6.07) is 2.03. The fourth-order valence-electron chi connectivity index (χ4n) is 1.27. The number of aromatic nitrogens is 2. The fourth-order valence-corrected chi connectivity index (χ4v) is 2.58. The third kappa shape index (κ3) is 2.00. The summed E-state index contributed by atoms with van der Waals surface area (Å²) in [4.78, 5) is 0.871. The van der Waals surface area contributed by atoms with Gasteiger partial charge in [-0.3, -0.25) is 0 Å². The van der Waals surface area contributed by atoms with Crippen molar-refractivity contribution in [1.29, 1.82) is 0 Å². The highest BCUT2D eigenvalue weighted by Gasteiger charge is 2.14. The second-order valence-electron chi connectivity index (χ2n) is 3.07. The van der Waals surface area contributed by atoms with E-state index in [1.165, 1.54) is 11.5 Å². The van der Waals surface area contributed by atoms with Crippen LogP contribution in [-0.2, 0) is 6.42 Å². The molecule has 0 amide bonds. The summed E-state index contributed by atoms with van der Waals surface area (Å²) in [6.45, 7) is 1.87. The fraction of sp³-hybridized carbons (Fsp3) is 0.333. The molecular formula is C9H10N2OS2. The van der Waals surface area contributed by atoms with Gasteiger partial charge in [0.25, 0.3) is 0 Å². The van der Waals surface area contributed by atoms with Crippen LogP contribution in [0.3, 0.4) is 0 Å². The Balaban J connectivity index is 2.10. The lowest BCUT2D eigenvalue weighted by molar-refractivity contribution is 0.181. The Labute approximate surface area is 90.2 Å². The van der Waals surface area contributed by atoms with Crippen LogP contribution >= 0.6 is 22.9 Å². The van der Waals surface area contributed by atoms with E-state index in [9.17, 15) is 5.11 Å². The Kier molecular flexibility index (Phi) is 2.90. The maximum Gasteiger partial charge on any atom is 0.0957 e. The topological polar surface area (TPSA) is 46.0 Å². The molecule has 0 aliphatic carbocycles. The van der Waals surface area contributed by atoms with E-state index in [1.54, 1.807) is 11.3 Å². The lowest BCUT2D eigenvalue weighted by atomic mass is 10.1. The molecule has 2 aromatic heterocycles. The minimum absolute atomic E-state index is 0.468. The highest BCUT2D eigenvalue weighted by atomic mass is 32.1. The van der Waals surface area contributed by atoms with Crippen LogP contribution in [0, 0.1) is 6.92 Å². The third-order valence-corrected chi connectivity index (χ3v) is 3.66. The summed E-state index contributed by atoms with van der Waals surface area (Å²) < 4.78 is 3.81. The molecule has 5 heteroatoms. The molecule has 1 atom stereocenters. The minimum atomic E-state index is -0.468. The van der Waals surface area contributed by atoms with Crippen LogP contribution in [0.5, 0.6) is 0 Å². The Morgan fingerprint density at radius 2 is 2.43 bits per heavy atom. The van der Waals surface area contributed by atoms with E-state index in [4.69, 9.17) is 0 Å². The zero-order valence-corrected chi connectivity index (χ0v) is 9.31. The second-order valence-corrected chi connectivity index (χ2v) is 4.64. The van der Waals surface area contributed by atoms with Gasteiger partial charge in [-0.05, 0) is 40.8 Å². The van der Waals surface area contributed by atoms with Gasteiger partial charge in [0, 0.05) is 6.42 Å². The molecule has 0 spiro atoms. The number of hydrogen-bond acceptors (Lipinski definition) is 5. The number of aliphatic hydroxyl groups excluding tert-OH is 1. The average Bonchev–Trinajstić information content (AvgIpc) is 2.75. The Bertz CT molecular complexity index is 397. The lowest BCUT2D eigenvalue weighted by Crippen LogP contribution is -2.00. The number of thiophene rings is 1. The van der Waals surface area contributed by atoms with E-state index >= 15 is 0 Å². The molecular weight excluding hydrogens is 216 g/mol. The Morgan fingerprint density at radius 1 is 1.57 bits per heavy atom. The van der Waals surface area contributed by atoms with E-state index in [0.29, 0.717) is 6.42 Å². The molecule has 74 valence electrons. The monoisotopic (exact) mass is 226 g/mol. The van der Waals surface area contributed by atoms with Crippen molar-refractivity contribution in [2.24, 2.45) is 0 Å². The first-order chi connectivity index (χ1) is 6.77. The molecule has 2 rings (SSSR count). The summed E-state index contributed by atoms with van der Waals surface area (Å²) in [5.74, 6) is 0. The number of aryl methyl sites for hydroxylation is 1. The Morgan fingerprint density at radius 3 is 3.00 bits per heavy atom. The molecule has 2 heterocycles. The van der Waals surface area contributed by atoms with Gasteiger partial charge in [0.2, 0.25) is 0 Å². The predicted octanol–water partition coefficient (Wildman–Crippen LogP) is 2.18. The van der Waals surface area contributed by atoms with E-state index in [1.807, 2.05) is 23.8 Å². The summed E-state index contributed by atoms with van der Waals surface area (Å²) in [6.07, 6.45) is 0.179. The summed E-state index contributed by atoms with van der Waals surface area (Å²) in [5.41, 5.74) is 1.99. The number of hydrogen-bond donors (Lipinski definition) is 1. The molecule has 0 fully saturated rings. The van der Waals surface area contributed by atoms with Crippen molar-refractivity contribution in [1.82, 2.24) is 9.59 Å². The first-order valence-corrected chi connectivity index (χ1v) is 5.97. The maximum atomic E-state index is 9.90. The van der Waals surface area contributed by atoms with Gasteiger partial charge in [-0.15, -0.1) is 5.10 Å². The van der Waals surface area contributed by atoms with Gasteiger partial charge in [0.1, 0.15) is 0 Å². The first-order valence-electron chi connectivity index (χ1n) is 4.25. The van der Waals surface area contributed by atoms with Crippen molar-refractivity contribution in [3.05, 3.63) is 33.0 Å². The molecule has 0 radical (unpaired) electrons. The standard InChI is InChI=1S/C9H10N2OS2/c1-6-9(14-11-10-6)8(12)4-7-2-3-13-5-7/h2-3,5,8,12H,4H2,1H3. The Hall–Kier alpha value is -0.780. The van der Waals surface area contributed by atoms with Crippen LogP contribution in [-0.4, -0.2) is 14.7 Å². The molecule has 0 saturated heterocycles. The van der Waals surface area contributed by atoms with Gasteiger partial charge in [-0.1, -0.05) is 4.49 Å². The maximum absolute atomic E-state index is 9.90. The molecule has 14 heavy (non-hydrogen) atoms. The van der Waals surface area contributed by atoms with Crippen molar-refractivity contribution in [3.8, 4) is 0 Å². The summed E-state index contributed by atoms with van der Waals surface area (Å²) in [5, 5.41) is 17.8. The zero-order valence-electron chi connectivity index (χ0n) is 7.67. The van der Waals surface area contributed by atoms with Crippen molar-refractivity contribution < 1.29 is 5.11 Å². The van der Waals surface area contributed by atoms with E-state index in [2.05, 4.69) is 9.59 Å². The number of nitrogens with zero attached hydrogens (tertiary/aromatic N) is 2.